The van der Waals surface area contributed by atoms with Gasteiger partial charge in [-0.05, 0) is 20.8 Å². The number of rotatable bonds is 3. The zero-order valence-electron chi connectivity index (χ0n) is 7.55. The van der Waals surface area contributed by atoms with Gasteiger partial charge in [-0.1, -0.05) is 0 Å². The Balaban J connectivity index is 3.93. The van der Waals surface area contributed by atoms with Gasteiger partial charge in [0, 0.05) is 13.1 Å². The van der Waals surface area contributed by atoms with Gasteiger partial charge in [0.15, 0.2) is 0 Å². The van der Waals surface area contributed by atoms with E-state index in [1.54, 1.807) is 11.9 Å². The molecule has 0 aromatic carbocycles. The molecular formula is C8H15NO2. The Bertz CT molecular complexity index is 163. The Kier molecular flexibility index (Phi) is 3.79. The third-order valence-electron chi connectivity index (χ3n) is 1.57. The summed E-state index contributed by atoms with van der Waals surface area (Å²) in [6.45, 7) is 5.25. The van der Waals surface area contributed by atoms with Gasteiger partial charge < -0.3 is 4.90 Å². The van der Waals surface area contributed by atoms with Gasteiger partial charge in [-0.15, -0.1) is 0 Å². The van der Waals surface area contributed by atoms with Crippen molar-refractivity contribution >= 4 is 11.7 Å². The maximum Gasteiger partial charge on any atom is 0.229 e. The average molecular weight is 157 g/mol. The predicted molar refractivity (Wildman–Crippen MR) is 43.2 cm³/mol. The van der Waals surface area contributed by atoms with E-state index in [-0.39, 0.29) is 24.2 Å². The number of hydrogen-bond donors (Lipinski definition) is 0. The summed E-state index contributed by atoms with van der Waals surface area (Å²) < 4.78 is 0. The topological polar surface area (TPSA) is 37.4 Å². The molecule has 0 aromatic rings. The van der Waals surface area contributed by atoms with Crippen LogP contribution in [0.15, 0.2) is 0 Å². The first kappa shape index (κ1) is 10.1. The van der Waals surface area contributed by atoms with E-state index < -0.39 is 0 Å². The van der Waals surface area contributed by atoms with Crippen molar-refractivity contribution in [1.29, 1.82) is 0 Å². The molecule has 0 aromatic heterocycles. The van der Waals surface area contributed by atoms with Gasteiger partial charge in [0.05, 0.1) is 6.42 Å². The quantitative estimate of drug-likeness (QED) is 0.569. The summed E-state index contributed by atoms with van der Waals surface area (Å²) in [5.74, 6) is -0.185. The molecule has 0 saturated heterocycles. The molecule has 0 aliphatic heterocycles. The molecule has 0 saturated carbocycles. The largest absolute Gasteiger partial charge is 0.343 e. The van der Waals surface area contributed by atoms with E-state index in [2.05, 4.69) is 0 Å². The van der Waals surface area contributed by atoms with E-state index in [0.717, 1.165) is 0 Å². The normalized spacial score (nSPS) is 9.91. The van der Waals surface area contributed by atoms with Gasteiger partial charge >= 0.3 is 0 Å². The summed E-state index contributed by atoms with van der Waals surface area (Å²) in [7, 11) is 1.70. The van der Waals surface area contributed by atoms with Crippen LogP contribution in [0, 0.1) is 0 Å². The number of hydrogen-bond acceptors (Lipinski definition) is 2. The maximum atomic E-state index is 11.1. The molecule has 0 unspecified atom stereocenters. The van der Waals surface area contributed by atoms with Gasteiger partial charge in [-0.3, -0.25) is 9.59 Å². The van der Waals surface area contributed by atoms with Gasteiger partial charge in [0.2, 0.25) is 5.91 Å². The zero-order chi connectivity index (χ0) is 9.02. The van der Waals surface area contributed by atoms with Crippen LogP contribution in [0.3, 0.4) is 0 Å². The van der Waals surface area contributed by atoms with Crippen LogP contribution >= 0.6 is 0 Å². The van der Waals surface area contributed by atoms with E-state index in [4.69, 9.17) is 0 Å². The standard InChI is InChI=1S/C8H15NO2/c1-6(2)9(4)8(11)5-7(3)10/h6H,5H2,1-4H3. The molecule has 0 N–H and O–H groups in total. The van der Waals surface area contributed by atoms with Crippen LogP contribution in [0.4, 0.5) is 0 Å². The molecule has 3 heteroatoms. The van der Waals surface area contributed by atoms with Crippen molar-refractivity contribution < 1.29 is 9.59 Å². The van der Waals surface area contributed by atoms with E-state index in [9.17, 15) is 9.59 Å². The molecule has 0 fully saturated rings. The smallest absolute Gasteiger partial charge is 0.229 e. The Labute approximate surface area is 67.4 Å². The lowest BCUT2D eigenvalue weighted by Gasteiger charge is -2.20. The number of Topliss-reactive ketones (excluding diaryl/α,β-unsaturated/α-hetero) is 1. The highest BCUT2D eigenvalue weighted by Gasteiger charge is 2.12. The van der Waals surface area contributed by atoms with Crippen molar-refractivity contribution in [2.24, 2.45) is 0 Å². The lowest BCUT2D eigenvalue weighted by Crippen LogP contribution is -2.33. The third-order valence-corrected chi connectivity index (χ3v) is 1.57. The third kappa shape index (κ3) is 3.75. The fourth-order valence-electron chi connectivity index (χ4n) is 0.626. The molecule has 3 nitrogen and oxygen atoms in total. The lowest BCUT2D eigenvalue weighted by molar-refractivity contribution is -0.134. The molecule has 0 spiro atoms. The van der Waals surface area contributed by atoms with Crippen LogP contribution in [0.25, 0.3) is 0 Å². The van der Waals surface area contributed by atoms with E-state index >= 15 is 0 Å². The van der Waals surface area contributed by atoms with Crippen LogP contribution in [0.5, 0.6) is 0 Å². The summed E-state index contributed by atoms with van der Waals surface area (Å²) in [5, 5.41) is 0. The van der Waals surface area contributed by atoms with Gasteiger partial charge in [0.1, 0.15) is 5.78 Å². The summed E-state index contributed by atoms with van der Waals surface area (Å²) in [4.78, 5) is 23.2. The Morgan fingerprint density at radius 1 is 1.36 bits per heavy atom. The highest BCUT2D eigenvalue weighted by molar-refractivity contribution is 5.96. The van der Waals surface area contributed by atoms with Crippen LogP contribution < -0.4 is 0 Å². The number of nitrogens with zero attached hydrogens (tertiary/aromatic N) is 1. The summed E-state index contributed by atoms with van der Waals surface area (Å²) in [6, 6.07) is 0.168. The second-order valence-corrected chi connectivity index (χ2v) is 2.98. The molecule has 0 aliphatic carbocycles. The SMILES string of the molecule is CC(=O)CC(=O)N(C)C(C)C. The van der Waals surface area contributed by atoms with Crippen molar-refractivity contribution in [3.63, 3.8) is 0 Å². The number of carbonyl (C=O) groups excluding carboxylic acids is 2. The average Bonchev–Trinajstić information content (AvgIpc) is 1.84. The van der Waals surface area contributed by atoms with Gasteiger partial charge in [0.25, 0.3) is 0 Å². The Hall–Kier alpha value is -0.860. The monoisotopic (exact) mass is 157 g/mol. The lowest BCUT2D eigenvalue weighted by atomic mass is 10.2. The van der Waals surface area contributed by atoms with Gasteiger partial charge in [-0.25, -0.2) is 0 Å². The molecule has 0 atom stereocenters. The van der Waals surface area contributed by atoms with Crippen LogP contribution in [0.2, 0.25) is 0 Å². The fourth-order valence-corrected chi connectivity index (χ4v) is 0.626. The minimum Gasteiger partial charge on any atom is -0.343 e. The fraction of sp³-hybridized carbons (Fsp3) is 0.750. The Morgan fingerprint density at radius 3 is 2.09 bits per heavy atom. The predicted octanol–water partition coefficient (Wildman–Crippen LogP) is 0.832. The van der Waals surface area contributed by atoms with E-state index in [0.29, 0.717) is 0 Å². The minimum absolute atomic E-state index is 0.0225. The molecule has 0 aliphatic rings. The van der Waals surface area contributed by atoms with Crippen molar-refractivity contribution in [1.82, 2.24) is 4.90 Å². The van der Waals surface area contributed by atoms with Crippen LogP contribution in [0.1, 0.15) is 27.2 Å². The molecule has 64 valence electrons. The molecule has 1 amide bonds. The second-order valence-electron chi connectivity index (χ2n) is 2.98. The molecule has 0 bridgehead atoms. The Morgan fingerprint density at radius 2 is 1.82 bits per heavy atom. The first-order valence-corrected chi connectivity index (χ1v) is 3.70. The van der Waals surface area contributed by atoms with E-state index in [1.165, 1.54) is 6.92 Å². The number of amides is 1. The van der Waals surface area contributed by atoms with Crippen molar-refractivity contribution in [2.45, 2.75) is 33.2 Å². The van der Waals surface area contributed by atoms with Crippen molar-refractivity contribution in [3.05, 3.63) is 0 Å². The van der Waals surface area contributed by atoms with Crippen LogP contribution in [-0.2, 0) is 9.59 Å². The van der Waals surface area contributed by atoms with Crippen molar-refractivity contribution in [2.75, 3.05) is 7.05 Å². The first-order chi connectivity index (χ1) is 4.95. The maximum absolute atomic E-state index is 11.1. The molecule has 0 heterocycles. The zero-order valence-corrected chi connectivity index (χ0v) is 7.55. The number of ketones is 1. The van der Waals surface area contributed by atoms with E-state index in [1.807, 2.05) is 13.8 Å². The van der Waals surface area contributed by atoms with Crippen LogP contribution in [-0.4, -0.2) is 29.7 Å². The summed E-state index contributed by atoms with van der Waals surface area (Å²) >= 11 is 0. The minimum atomic E-state index is -0.104. The second kappa shape index (κ2) is 4.11. The molecule has 11 heavy (non-hydrogen) atoms. The highest BCUT2D eigenvalue weighted by atomic mass is 16.2. The molecule has 0 radical (unpaired) electrons. The summed E-state index contributed by atoms with van der Waals surface area (Å²) in [6.07, 6.45) is 0.0225. The molecule has 0 rings (SSSR count). The van der Waals surface area contributed by atoms with Gasteiger partial charge in [-0.2, -0.15) is 0 Å². The molecular weight excluding hydrogens is 142 g/mol. The highest BCUT2D eigenvalue weighted by Crippen LogP contribution is 1.97. The van der Waals surface area contributed by atoms with Crippen molar-refractivity contribution in [3.8, 4) is 0 Å². The first-order valence-electron chi connectivity index (χ1n) is 3.70. The summed E-state index contributed by atoms with van der Waals surface area (Å²) in [5.41, 5.74) is 0. The number of carbonyl (C=O) groups is 2.